The van der Waals surface area contributed by atoms with Crippen LogP contribution in [0.1, 0.15) is 27.9 Å². The Kier molecular flexibility index (Phi) is 7.85. The molecule has 2 bridgehead atoms. The SMILES string of the molecule is CN1CCN(C(=O)CCn2nnc3ccccc32)CCOc2ccc(-c3cncnc3)cc2Cc2cccc(c2)C1=O. The van der Waals surface area contributed by atoms with Crippen LogP contribution in [0.25, 0.3) is 22.2 Å². The molecule has 0 fully saturated rings. The number of amides is 2. The van der Waals surface area contributed by atoms with Crippen molar-refractivity contribution in [3.05, 3.63) is 102 Å². The number of hydrogen-bond acceptors (Lipinski definition) is 7. The first kappa shape index (κ1) is 27.1. The van der Waals surface area contributed by atoms with Crippen LogP contribution in [0.5, 0.6) is 5.75 Å². The van der Waals surface area contributed by atoms with Crippen molar-refractivity contribution in [1.82, 2.24) is 34.8 Å². The highest BCUT2D eigenvalue weighted by molar-refractivity contribution is 5.94. The summed E-state index contributed by atoms with van der Waals surface area (Å²) >= 11 is 0. The van der Waals surface area contributed by atoms with E-state index in [-0.39, 0.29) is 18.2 Å². The fraction of sp³-hybridized carbons (Fsp3) is 0.250. The molecule has 3 heterocycles. The van der Waals surface area contributed by atoms with E-state index in [1.54, 1.807) is 33.9 Å². The van der Waals surface area contributed by atoms with Gasteiger partial charge in [0.05, 0.1) is 18.6 Å². The fourth-order valence-corrected chi connectivity index (χ4v) is 5.18. The van der Waals surface area contributed by atoms with E-state index >= 15 is 0 Å². The van der Waals surface area contributed by atoms with Gasteiger partial charge in [0.15, 0.2) is 0 Å². The number of para-hydroxylation sites is 1. The summed E-state index contributed by atoms with van der Waals surface area (Å²) in [5.41, 5.74) is 6.16. The highest BCUT2D eigenvalue weighted by atomic mass is 16.5. The van der Waals surface area contributed by atoms with Gasteiger partial charge < -0.3 is 14.5 Å². The van der Waals surface area contributed by atoms with Gasteiger partial charge in [0.2, 0.25) is 5.91 Å². The Bertz CT molecular complexity index is 1720. The normalized spacial score (nSPS) is 14.3. The number of hydrogen-bond donors (Lipinski definition) is 0. The molecule has 10 nitrogen and oxygen atoms in total. The number of rotatable bonds is 4. The molecular formula is C32H31N7O3. The number of benzene rings is 3. The first-order valence-corrected chi connectivity index (χ1v) is 14.0. The zero-order valence-corrected chi connectivity index (χ0v) is 23.4. The fourth-order valence-electron chi connectivity index (χ4n) is 5.18. The Morgan fingerprint density at radius 2 is 1.76 bits per heavy atom. The second kappa shape index (κ2) is 12.2. The second-order valence-electron chi connectivity index (χ2n) is 10.3. The van der Waals surface area contributed by atoms with E-state index in [9.17, 15) is 9.59 Å². The molecule has 0 aliphatic carbocycles. The minimum absolute atomic E-state index is 0.0345. The molecule has 10 heteroatoms. The molecule has 42 heavy (non-hydrogen) atoms. The van der Waals surface area contributed by atoms with Gasteiger partial charge in [-0.1, -0.05) is 35.5 Å². The zero-order valence-electron chi connectivity index (χ0n) is 23.4. The summed E-state index contributed by atoms with van der Waals surface area (Å²) in [5, 5.41) is 8.40. The van der Waals surface area contributed by atoms with Crippen LogP contribution in [-0.2, 0) is 17.8 Å². The largest absolute Gasteiger partial charge is 0.491 e. The molecule has 2 aromatic heterocycles. The van der Waals surface area contributed by atoms with Gasteiger partial charge >= 0.3 is 0 Å². The monoisotopic (exact) mass is 561 g/mol. The third kappa shape index (κ3) is 5.97. The molecule has 3 aromatic carbocycles. The summed E-state index contributed by atoms with van der Waals surface area (Å²) in [6.07, 6.45) is 5.90. The van der Waals surface area contributed by atoms with Crippen LogP contribution in [0.3, 0.4) is 0 Å². The highest BCUT2D eigenvalue weighted by Crippen LogP contribution is 2.29. The average Bonchev–Trinajstić information content (AvgIpc) is 3.44. The van der Waals surface area contributed by atoms with Crippen molar-refractivity contribution in [2.24, 2.45) is 0 Å². The molecule has 0 spiro atoms. The Balaban J connectivity index is 1.25. The molecule has 0 atom stereocenters. The van der Waals surface area contributed by atoms with E-state index in [0.717, 1.165) is 39.0 Å². The Hall–Kier alpha value is -5.12. The maximum Gasteiger partial charge on any atom is 0.253 e. The van der Waals surface area contributed by atoms with Crippen molar-refractivity contribution in [2.75, 3.05) is 33.3 Å². The lowest BCUT2D eigenvalue weighted by Crippen LogP contribution is -2.41. The van der Waals surface area contributed by atoms with E-state index in [1.807, 2.05) is 60.7 Å². The van der Waals surface area contributed by atoms with E-state index in [2.05, 4.69) is 26.3 Å². The first-order valence-electron chi connectivity index (χ1n) is 14.0. The van der Waals surface area contributed by atoms with Gasteiger partial charge in [-0.05, 0) is 53.1 Å². The van der Waals surface area contributed by atoms with Gasteiger partial charge in [-0.15, -0.1) is 5.10 Å². The second-order valence-corrected chi connectivity index (χ2v) is 10.3. The molecule has 6 rings (SSSR count). The Morgan fingerprint density at radius 3 is 2.64 bits per heavy atom. The van der Waals surface area contributed by atoms with Gasteiger partial charge in [-0.25, -0.2) is 14.6 Å². The van der Waals surface area contributed by atoms with E-state index in [1.165, 1.54) is 6.33 Å². The van der Waals surface area contributed by atoms with Crippen LogP contribution in [-0.4, -0.2) is 79.9 Å². The molecule has 212 valence electrons. The van der Waals surface area contributed by atoms with Crippen molar-refractivity contribution in [1.29, 1.82) is 0 Å². The maximum absolute atomic E-state index is 13.4. The topological polar surface area (TPSA) is 106 Å². The predicted molar refractivity (Wildman–Crippen MR) is 158 cm³/mol. The number of carbonyl (C=O) groups is 2. The average molecular weight is 562 g/mol. The maximum atomic E-state index is 13.4. The number of fused-ring (bicyclic) bond motifs is 4. The van der Waals surface area contributed by atoms with Crippen LogP contribution in [0.15, 0.2) is 85.5 Å². The number of likely N-dealkylation sites (N-methyl/N-ethyl adjacent to an activating group) is 1. The van der Waals surface area contributed by atoms with Crippen molar-refractivity contribution < 1.29 is 14.3 Å². The minimum atomic E-state index is -0.0814. The van der Waals surface area contributed by atoms with Gasteiger partial charge in [0.25, 0.3) is 5.91 Å². The first-order chi connectivity index (χ1) is 20.5. The Morgan fingerprint density at radius 1 is 0.905 bits per heavy atom. The summed E-state index contributed by atoms with van der Waals surface area (Å²) in [6.45, 7) is 1.91. The zero-order chi connectivity index (χ0) is 28.9. The molecule has 0 N–H and O–H groups in total. The van der Waals surface area contributed by atoms with Crippen LogP contribution in [0.2, 0.25) is 0 Å². The molecule has 0 unspecified atom stereocenters. The lowest BCUT2D eigenvalue weighted by atomic mass is 9.98. The Labute approximate surface area is 243 Å². The highest BCUT2D eigenvalue weighted by Gasteiger charge is 2.20. The summed E-state index contributed by atoms with van der Waals surface area (Å²) < 4.78 is 8.05. The third-order valence-electron chi connectivity index (χ3n) is 7.50. The summed E-state index contributed by atoms with van der Waals surface area (Å²) in [6, 6.07) is 21.4. The predicted octanol–water partition coefficient (Wildman–Crippen LogP) is 3.86. The lowest BCUT2D eigenvalue weighted by molar-refractivity contribution is -0.132. The van der Waals surface area contributed by atoms with Crippen molar-refractivity contribution in [3.63, 3.8) is 0 Å². The molecular weight excluding hydrogens is 530 g/mol. The number of ether oxygens (including phenoxy) is 1. The molecule has 0 saturated heterocycles. The molecule has 0 saturated carbocycles. The quantitative estimate of drug-likeness (QED) is 0.328. The molecule has 1 aliphatic heterocycles. The van der Waals surface area contributed by atoms with Gasteiger partial charge in [-0.2, -0.15) is 0 Å². The van der Waals surface area contributed by atoms with Crippen molar-refractivity contribution in [3.8, 4) is 16.9 Å². The van der Waals surface area contributed by atoms with Crippen molar-refractivity contribution in [2.45, 2.75) is 19.4 Å². The molecule has 5 aromatic rings. The molecule has 1 aliphatic rings. The van der Waals surface area contributed by atoms with E-state index in [4.69, 9.17) is 4.74 Å². The van der Waals surface area contributed by atoms with E-state index in [0.29, 0.717) is 44.8 Å². The minimum Gasteiger partial charge on any atom is -0.491 e. The molecule has 2 amide bonds. The third-order valence-corrected chi connectivity index (χ3v) is 7.50. The van der Waals surface area contributed by atoms with Gasteiger partial charge in [0, 0.05) is 56.5 Å². The summed E-state index contributed by atoms with van der Waals surface area (Å²) in [4.78, 5) is 38.5. The smallest absolute Gasteiger partial charge is 0.253 e. The number of aryl methyl sites for hydroxylation is 1. The standard InChI is InChI=1S/C32H31N7O3/c1-37-13-14-38(31(40)11-12-39-29-8-3-2-7-28(29)35-36-39)15-16-42-30-10-9-24(27-20-33-22-34-21-27)19-26(30)18-23-5-4-6-25(17-23)32(37)41/h2-10,17,19-22H,11-16,18H2,1H3. The number of aromatic nitrogens is 5. The van der Waals surface area contributed by atoms with Crippen LogP contribution < -0.4 is 4.74 Å². The number of carbonyl (C=O) groups excluding carboxylic acids is 2. The van der Waals surface area contributed by atoms with Crippen LogP contribution in [0.4, 0.5) is 0 Å². The summed E-state index contributed by atoms with van der Waals surface area (Å²) in [5.74, 6) is 0.623. The van der Waals surface area contributed by atoms with Crippen molar-refractivity contribution >= 4 is 22.8 Å². The lowest BCUT2D eigenvalue weighted by Gasteiger charge is -2.27. The van der Waals surface area contributed by atoms with Crippen LogP contribution >= 0.6 is 0 Å². The van der Waals surface area contributed by atoms with Gasteiger partial charge in [0.1, 0.15) is 24.2 Å². The van der Waals surface area contributed by atoms with Gasteiger partial charge in [-0.3, -0.25) is 9.59 Å². The number of nitrogens with zero attached hydrogens (tertiary/aromatic N) is 7. The van der Waals surface area contributed by atoms with Crippen LogP contribution in [0, 0.1) is 0 Å². The van der Waals surface area contributed by atoms with E-state index < -0.39 is 0 Å². The molecule has 0 radical (unpaired) electrons. The summed E-state index contributed by atoms with van der Waals surface area (Å²) in [7, 11) is 1.77.